The molecule has 2 aliphatic rings. The van der Waals surface area contributed by atoms with Gasteiger partial charge in [0, 0.05) is 42.5 Å². The molecule has 176 valence electrons. The third kappa shape index (κ3) is 4.76. The Morgan fingerprint density at radius 1 is 0.853 bits per heavy atom. The molecule has 2 aromatic carbocycles. The number of benzene rings is 2. The van der Waals surface area contributed by atoms with Crippen LogP contribution in [0.3, 0.4) is 0 Å². The number of nitrogens with zero attached hydrogens (tertiary/aromatic N) is 2. The molecule has 1 aromatic heterocycles. The second kappa shape index (κ2) is 10.2. The summed E-state index contributed by atoms with van der Waals surface area (Å²) in [6.45, 7) is 2.75. The van der Waals surface area contributed by atoms with E-state index in [0.29, 0.717) is 23.7 Å². The Morgan fingerprint density at radius 2 is 1.62 bits per heavy atom. The summed E-state index contributed by atoms with van der Waals surface area (Å²) in [4.78, 5) is 32.9. The Hall–Kier alpha value is -3.41. The second-order valence-corrected chi connectivity index (χ2v) is 9.44. The summed E-state index contributed by atoms with van der Waals surface area (Å²) in [7, 11) is 0. The number of carbonyl (C=O) groups is 2. The summed E-state index contributed by atoms with van der Waals surface area (Å²) in [6.07, 6.45) is 10.1. The van der Waals surface area contributed by atoms with Crippen molar-refractivity contribution in [3.8, 4) is 0 Å². The lowest BCUT2D eigenvalue weighted by Crippen LogP contribution is -2.31. The number of carbonyl (C=O) groups excluding carboxylic acids is 2. The molecule has 6 nitrogen and oxygen atoms in total. The van der Waals surface area contributed by atoms with E-state index in [4.69, 9.17) is 0 Å². The van der Waals surface area contributed by atoms with Crippen molar-refractivity contribution in [2.45, 2.75) is 44.9 Å². The van der Waals surface area contributed by atoms with E-state index in [1.165, 1.54) is 37.8 Å². The van der Waals surface area contributed by atoms with Gasteiger partial charge in [0.25, 0.3) is 11.8 Å². The average Bonchev–Trinajstić information content (AvgIpc) is 3.42. The summed E-state index contributed by atoms with van der Waals surface area (Å²) in [5.74, 6) is 0.0501. The molecular formula is C28H32N4O2. The number of aromatic nitrogens is 1. The van der Waals surface area contributed by atoms with Gasteiger partial charge in [-0.1, -0.05) is 43.5 Å². The van der Waals surface area contributed by atoms with Crippen LogP contribution in [-0.4, -0.2) is 36.4 Å². The summed E-state index contributed by atoms with van der Waals surface area (Å²) < 4.78 is 0. The summed E-state index contributed by atoms with van der Waals surface area (Å²) >= 11 is 0. The predicted octanol–water partition coefficient (Wildman–Crippen LogP) is 5.40. The molecule has 0 radical (unpaired) electrons. The predicted molar refractivity (Wildman–Crippen MR) is 136 cm³/mol. The average molecular weight is 457 g/mol. The van der Waals surface area contributed by atoms with E-state index in [0.717, 1.165) is 36.7 Å². The molecule has 0 atom stereocenters. The van der Waals surface area contributed by atoms with Crippen LogP contribution in [0, 0.1) is 5.92 Å². The van der Waals surface area contributed by atoms with Crippen LogP contribution in [0.5, 0.6) is 0 Å². The molecule has 0 bridgehead atoms. The van der Waals surface area contributed by atoms with Gasteiger partial charge >= 0.3 is 0 Å². The largest absolute Gasteiger partial charge is 0.371 e. The minimum absolute atomic E-state index is 0.237. The van der Waals surface area contributed by atoms with Crippen molar-refractivity contribution in [2.24, 2.45) is 5.92 Å². The van der Waals surface area contributed by atoms with Crippen molar-refractivity contribution >= 4 is 34.0 Å². The zero-order valence-corrected chi connectivity index (χ0v) is 19.6. The van der Waals surface area contributed by atoms with Gasteiger partial charge < -0.3 is 15.5 Å². The highest BCUT2D eigenvalue weighted by Gasteiger charge is 2.21. The van der Waals surface area contributed by atoms with Crippen molar-refractivity contribution in [2.75, 3.05) is 29.9 Å². The fourth-order valence-corrected chi connectivity index (χ4v) is 5.30. The maximum atomic E-state index is 13.4. The molecule has 1 saturated heterocycles. The van der Waals surface area contributed by atoms with E-state index in [2.05, 4.69) is 26.6 Å². The van der Waals surface area contributed by atoms with Gasteiger partial charge in [-0.2, -0.15) is 0 Å². The van der Waals surface area contributed by atoms with Gasteiger partial charge in [0.05, 0.1) is 5.69 Å². The first kappa shape index (κ1) is 22.4. The highest BCUT2D eigenvalue weighted by Crippen LogP contribution is 2.32. The van der Waals surface area contributed by atoms with E-state index < -0.39 is 0 Å². The third-order valence-electron chi connectivity index (χ3n) is 7.14. The Balaban J connectivity index is 1.36. The van der Waals surface area contributed by atoms with E-state index >= 15 is 0 Å². The molecular weight excluding hydrogens is 424 g/mol. The molecule has 6 heteroatoms. The number of fused-ring (bicyclic) bond motifs is 1. The summed E-state index contributed by atoms with van der Waals surface area (Å²) in [6, 6.07) is 15.5. The molecule has 1 aliphatic heterocycles. The Labute approximate surface area is 200 Å². The maximum Gasteiger partial charge on any atom is 0.272 e. The lowest BCUT2D eigenvalue weighted by Gasteiger charge is -2.22. The lowest BCUT2D eigenvalue weighted by molar-refractivity contribution is 0.0939. The molecule has 5 rings (SSSR count). The molecule has 1 aliphatic carbocycles. The van der Waals surface area contributed by atoms with Crippen LogP contribution >= 0.6 is 0 Å². The summed E-state index contributed by atoms with van der Waals surface area (Å²) in [5, 5.41) is 7.97. The maximum absolute atomic E-state index is 13.4. The number of hydrogen-bond acceptors (Lipinski definition) is 4. The summed E-state index contributed by atoms with van der Waals surface area (Å²) in [5.41, 5.74) is 2.45. The molecule has 34 heavy (non-hydrogen) atoms. The molecule has 3 aromatic rings. The fraction of sp³-hybridized carbons (Fsp3) is 0.393. The lowest BCUT2D eigenvalue weighted by atomic mass is 9.89. The van der Waals surface area contributed by atoms with Gasteiger partial charge in [0.1, 0.15) is 0 Å². The Bertz CT molecular complexity index is 1180. The molecule has 2 N–H and O–H groups in total. The monoisotopic (exact) mass is 456 g/mol. The smallest absolute Gasteiger partial charge is 0.272 e. The van der Waals surface area contributed by atoms with E-state index in [9.17, 15) is 9.59 Å². The zero-order chi connectivity index (χ0) is 23.3. The molecule has 0 unspecified atom stereocenters. The van der Waals surface area contributed by atoms with Gasteiger partial charge in [-0.3, -0.25) is 9.59 Å². The topological polar surface area (TPSA) is 74.3 Å². The quantitative estimate of drug-likeness (QED) is 0.521. The second-order valence-electron chi connectivity index (χ2n) is 9.44. The van der Waals surface area contributed by atoms with Gasteiger partial charge in [0.15, 0.2) is 5.69 Å². The van der Waals surface area contributed by atoms with Crippen LogP contribution < -0.4 is 15.5 Å². The van der Waals surface area contributed by atoms with Crippen molar-refractivity contribution < 1.29 is 9.59 Å². The van der Waals surface area contributed by atoms with Crippen LogP contribution in [0.1, 0.15) is 65.8 Å². The van der Waals surface area contributed by atoms with Gasteiger partial charge in [0.2, 0.25) is 0 Å². The van der Waals surface area contributed by atoms with Gasteiger partial charge in [-0.05, 0) is 61.3 Å². The van der Waals surface area contributed by atoms with E-state index in [1.54, 1.807) is 18.3 Å². The molecule has 2 amide bonds. The van der Waals surface area contributed by atoms with Gasteiger partial charge in [-0.15, -0.1) is 0 Å². The third-order valence-corrected chi connectivity index (χ3v) is 7.14. The molecule has 0 spiro atoms. The number of anilines is 2. The number of amides is 2. The number of nitrogens with one attached hydrogen (secondary N) is 2. The van der Waals surface area contributed by atoms with Crippen LogP contribution in [-0.2, 0) is 0 Å². The normalized spacial score (nSPS) is 16.5. The minimum Gasteiger partial charge on any atom is -0.371 e. The van der Waals surface area contributed by atoms with E-state index in [-0.39, 0.29) is 17.5 Å². The SMILES string of the molecule is O=C(NCC1CCCCC1)c1ncccc1NC(=O)c1ccc(N2CCCC2)c2ccccc12. The zero-order valence-electron chi connectivity index (χ0n) is 19.6. The van der Waals surface area contributed by atoms with E-state index in [1.807, 2.05) is 30.3 Å². The first-order valence-electron chi connectivity index (χ1n) is 12.5. The van der Waals surface area contributed by atoms with Crippen LogP contribution in [0.15, 0.2) is 54.7 Å². The first-order chi connectivity index (χ1) is 16.7. The Kier molecular flexibility index (Phi) is 6.74. The van der Waals surface area contributed by atoms with Crippen LogP contribution in [0.2, 0.25) is 0 Å². The fourth-order valence-electron chi connectivity index (χ4n) is 5.30. The number of pyridine rings is 1. The minimum atomic E-state index is -0.240. The number of rotatable bonds is 6. The first-order valence-corrected chi connectivity index (χ1v) is 12.5. The van der Waals surface area contributed by atoms with Crippen LogP contribution in [0.4, 0.5) is 11.4 Å². The molecule has 2 heterocycles. The highest BCUT2D eigenvalue weighted by atomic mass is 16.2. The van der Waals surface area contributed by atoms with Crippen molar-refractivity contribution in [3.63, 3.8) is 0 Å². The standard InChI is InChI=1S/C28H32N4O2/c33-27(23-14-15-25(32-17-6-7-18-32)22-12-5-4-11-21(22)23)31-24-13-8-16-29-26(24)28(34)30-19-20-9-2-1-3-10-20/h4-5,8,11-16,20H,1-3,6-7,9-10,17-19H2,(H,30,34)(H,31,33). The van der Waals surface area contributed by atoms with Crippen molar-refractivity contribution in [1.82, 2.24) is 10.3 Å². The highest BCUT2D eigenvalue weighted by molar-refractivity contribution is 6.16. The van der Waals surface area contributed by atoms with Crippen molar-refractivity contribution in [1.29, 1.82) is 0 Å². The Morgan fingerprint density at radius 3 is 2.41 bits per heavy atom. The molecule has 1 saturated carbocycles. The van der Waals surface area contributed by atoms with Crippen LogP contribution in [0.25, 0.3) is 10.8 Å². The van der Waals surface area contributed by atoms with Crippen molar-refractivity contribution in [3.05, 3.63) is 66.0 Å². The van der Waals surface area contributed by atoms with Gasteiger partial charge in [-0.25, -0.2) is 4.98 Å². The molecule has 2 fully saturated rings. The number of hydrogen-bond donors (Lipinski definition) is 2.